The molecule has 0 rings (SSSR count). The summed E-state index contributed by atoms with van der Waals surface area (Å²) in [5.41, 5.74) is 11.5. The van der Waals surface area contributed by atoms with Crippen LogP contribution in [0.25, 0.3) is 0 Å². The molecule has 0 bridgehead atoms. The number of nitrogens with one attached hydrogen (secondary N) is 2. The van der Waals surface area contributed by atoms with Crippen molar-refractivity contribution in [3.63, 3.8) is 0 Å². The lowest BCUT2D eigenvalue weighted by atomic mass is 9.99. The van der Waals surface area contributed by atoms with Gasteiger partial charge in [0.05, 0.1) is 0 Å². The minimum absolute atomic E-state index is 0.240. The standard InChI is InChI=1S/C16H38N4/c1-13(2)8-9-16(20-12-15(4)18)7-5-6-10-19-11-14(3)17/h13-16,19-20H,5-12,17-18H2,1-4H3. The van der Waals surface area contributed by atoms with Gasteiger partial charge in [-0.2, -0.15) is 0 Å². The molecule has 4 nitrogen and oxygen atoms in total. The monoisotopic (exact) mass is 286 g/mol. The highest BCUT2D eigenvalue weighted by Gasteiger charge is 2.09. The van der Waals surface area contributed by atoms with Gasteiger partial charge < -0.3 is 22.1 Å². The third-order valence-electron chi connectivity index (χ3n) is 3.44. The number of hydrogen-bond donors (Lipinski definition) is 4. The van der Waals surface area contributed by atoms with Crippen LogP contribution >= 0.6 is 0 Å². The Labute approximate surface area is 126 Å². The van der Waals surface area contributed by atoms with Crippen molar-refractivity contribution in [1.29, 1.82) is 0 Å². The first-order chi connectivity index (χ1) is 9.41. The van der Waals surface area contributed by atoms with E-state index in [0.29, 0.717) is 6.04 Å². The number of rotatable bonds is 13. The van der Waals surface area contributed by atoms with E-state index in [4.69, 9.17) is 11.5 Å². The first-order valence-electron chi connectivity index (χ1n) is 8.37. The molecule has 122 valence electrons. The number of hydrogen-bond acceptors (Lipinski definition) is 4. The van der Waals surface area contributed by atoms with E-state index in [2.05, 4.69) is 31.4 Å². The Morgan fingerprint density at radius 2 is 1.45 bits per heavy atom. The molecule has 0 aliphatic rings. The maximum absolute atomic E-state index is 5.84. The average molecular weight is 287 g/mol. The molecular formula is C16H38N4. The highest BCUT2D eigenvalue weighted by Crippen LogP contribution is 2.11. The summed E-state index contributed by atoms with van der Waals surface area (Å²) in [4.78, 5) is 0. The Kier molecular flexibility index (Phi) is 12.5. The van der Waals surface area contributed by atoms with Gasteiger partial charge in [-0.15, -0.1) is 0 Å². The lowest BCUT2D eigenvalue weighted by molar-refractivity contribution is 0.389. The predicted octanol–water partition coefficient (Wildman–Crippen LogP) is 1.84. The topological polar surface area (TPSA) is 76.1 Å². The fourth-order valence-electron chi connectivity index (χ4n) is 2.21. The maximum atomic E-state index is 5.84. The van der Waals surface area contributed by atoms with Crippen molar-refractivity contribution in [2.45, 2.75) is 77.9 Å². The Bertz CT molecular complexity index is 193. The highest BCUT2D eigenvalue weighted by atomic mass is 14.9. The number of unbranched alkanes of at least 4 members (excludes halogenated alkanes) is 1. The van der Waals surface area contributed by atoms with E-state index in [1.54, 1.807) is 0 Å². The van der Waals surface area contributed by atoms with Crippen LogP contribution < -0.4 is 22.1 Å². The summed E-state index contributed by atoms with van der Waals surface area (Å²) in [6.45, 7) is 11.6. The Morgan fingerprint density at radius 3 is 2.00 bits per heavy atom. The molecule has 0 aliphatic carbocycles. The third kappa shape index (κ3) is 14.3. The van der Waals surface area contributed by atoms with Crippen LogP contribution in [0.5, 0.6) is 0 Å². The molecule has 4 heteroatoms. The minimum Gasteiger partial charge on any atom is -0.327 e. The fraction of sp³-hybridized carbons (Fsp3) is 1.00. The molecule has 0 amide bonds. The Balaban J connectivity index is 3.72. The zero-order valence-corrected chi connectivity index (χ0v) is 14.1. The van der Waals surface area contributed by atoms with Crippen LogP contribution in [0.15, 0.2) is 0 Å². The van der Waals surface area contributed by atoms with Crippen molar-refractivity contribution in [2.24, 2.45) is 17.4 Å². The van der Waals surface area contributed by atoms with Crippen molar-refractivity contribution >= 4 is 0 Å². The third-order valence-corrected chi connectivity index (χ3v) is 3.44. The summed E-state index contributed by atoms with van der Waals surface area (Å²) < 4.78 is 0. The van der Waals surface area contributed by atoms with Gasteiger partial charge in [-0.3, -0.25) is 0 Å². The molecule has 6 N–H and O–H groups in total. The van der Waals surface area contributed by atoms with Gasteiger partial charge in [0.15, 0.2) is 0 Å². The summed E-state index contributed by atoms with van der Waals surface area (Å²) in [5, 5.41) is 7.01. The molecule has 0 fully saturated rings. The SMILES string of the molecule is CC(C)CCC(CCCCNCC(C)N)NCC(C)N. The molecule has 3 unspecified atom stereocenters. The van der Waals surface area contributed by atoms with Gasteiger partial charge in [0.25, 0.3) is 0 Å². The van der Waals surface area contributed by atoms with Gasteiger partial charge in [0.1, 0.15) is 0 Å². The summed E-state index contributed by atoms with van der Waals surface area (Å²) in [6.07, 6.45) is 6.29. The summed E-state index contributed by atoms with van der Waals surface area (Å²) in [5.74, 6) is 0.780. The molecule has 0 aromatic carbocycles. The van der Waals surface area contributed by atoms with Gasteiger partial charge in [-0.1, -0.05) is 20.3 Å². The van der Waals surface area contributed by atoms with E-state index >= 15 is 0 Å². The second-order valence-corrected chi connectivity index (χ2v) is 6.73. The highest BCUT2D eigenvalue weighted by molar-refractivity contribution is 4.71. The van der Waals surface area contributed by atoms with Crippen LogP contribution in [0.3, 0.4) is 0 Å². The molecule has 20 heavy (non-hydrogen) atoms. The van der Waals surface area contributed by atoms with Gasteiger partial charge in [-0.25, -0.2) is 0 Å². The zero-order chi connectivity index (χ0) is 15.4. The predicted molar refractivity (Wildman–Crippen MR) is 89.9 cm³/mol. The normalized spacial score (nSPS) is 16.4. The second-order valence-electron chi connectivity index (χ2n) is 6.73. The van der Waals surface area contributed by atoms with Gasteiger partial charge >= 0.3 is 0 Å². The van der Waals surface area contributed by atoms with Crippen LogP contribution in [-0.4, -0.2) is 37.8 Å². The van der Waals surface area contributed by atoms with Gasteiger partial charge in [0, 0.05) is 31.2 Å². The quantitative estimate of drug-likeness (QED) is 0.390. The van der Waals surface area contributed by atoms with E-state index in [-0.39, 0.29) is 12.1 Å². The van der Waals surface area contributed by atoms with Crippen LogP contribution in [0.1, 0.15) is 59.8 Å². The molecular weight excluding hydrogens is 248 g/mol. The smallest absolute Gasteiger partial charge is 0.0136 e. The first kappa shape index (κ1) is 19.8. The molecule has 0 saturated carbocycles. The fourth-order valence-corrected chi connectivity index (χ4v) is 2.21. The van der Waals surface area contributed by atoms with Gasteiger partial charge in [-0.05, 0) is 52.0 Å². The Morgan fingerprint density at radius 1 is 0.800 bits per heavy atom. The maximum Gasteiger partial charge on any atom is 0.0136 e. The summed E-state index contributed by atoms with van der Waals surface area (Å²) >= 11 is 0. The minimum atomic E-state index is 0.240. The molecule has 0 radical (unpaired) electrons. The van der Waals surface area contributed by atoms with Crippen LogP contribution in [0.2, 0.25) is 0 Å². The van der Waals surface area contributed by atoms with E-state index in [1.165, 1.54) is 32.1 Å². The van der Waals surface area contributed by atoms with Crippen LogP contribution in [0, 0.1) is 5.92 Å². The molecule has 0 spiro atoms. The van der Waals surface area contributed by atoms with Crippen molar-refractivity contribution in [3.8, 4) is 0 Å². The van der Waals surface area contributed by atoms with Crippen LogP contribution in [-0.2, 0) is 0 Å². The summed E-state index contributed by atoms with van der Waals surface area (Å²) in [6, 6.07) is 1.11. The summed E-state index contributed by atoms with van der Waals surface area (Å²) in [7, 11) is 0. The van der Waals surface area contributed by atoms with E-state index < -0.39 is 0 Å². The lowest BCUT2D eigenvalue weighted by Gasteiger charge is -2.21. The van der Waals surface area contributed by atoms with Crippen molar-refractivity contribution in [3.05, 3.63) is 0 Å². The molecule has 3 atom stereocenters. The average Bonchev–Trinajstić information content (AvgIpc) is 2.34. The molecule has 0 aromatic rings. The number of nitrogens with two attached hydrogens (primary N) is 2. The second kappa shape index (κ2) is 12.6. The van der Waals surface area contributed by atoms with Crippen LogP contribution in [0.4, 0.5) is 0 Å². The van der Waals surface area contributed by atoms with Crippen molar-refractivity contribution in [2.75, 3.05) is 19.6 Å². The van der Waals surface area contributed by atoms with E-state index in [0.717, 1.165) is 25.6 Å². The van der Waals surface area contributed by atoms with E-state index in [1.807, 2.05) is 6.92 Å². The molecule has 0 aliphatic heterocycles. The van der Waals surface area contributed by atoms with Crippen molar-refractivity contribution < 1.29 is 0 Å². The van der Waals surface area contributed by atoms with Crippen molar-refractivity contribution in [1.82, 2.24) is 10.6 Å². The molecule has 0 aromatic heterocycles. The Hall–Kier alpha value is -0.160. The first-order valence-corrected chi connectivity index (χ1v) is 8.37. The molecule has 0 saturated heterocycles. The van der Waals surface area contributed by atoms with E-state index in [9.17, 15) is 0 Å². The molecule has 0 heterocycles. The largest absolute Gasteiger partial charge is 0.327 e. The lowest BCUT2D eigenvalue weighted by Crippen LogP contribution is -2.38. The zero-order valence-electron chi connectivity index (χ0n) is 14.1. The van der Waals surface area contributed by atoms with Gasteiger partial charge in [0.2, 0.25) is 0 Å².